The molecule has 0 aliphatic heterocycles. The van der Waals surface area contributed by atoms with Gasteiger partial charge < -0.3 is 20.2 Å². The highest BCUT2D eigenvalue weighted by Crippen LogP contribution is 2.36. The minimum absolute atomic E-state index is 0.326. The van der Waals surface area contributed by atoms with Crippen molar-refractivity contribution in [2.45, 2.75) is 32.3 Å². The zero-order valence-electron chi connectivity index (χ0n) is 20.2. The second-order valence-electron chi connectivity index (χ2n) is 8.85. The van der Waals surface area contributed by atoms with E-state index in [2.05, 4.69) is 5.32 Å². The minimum Gasteiger partial charge on any atom is -0.465 e. The summed E-state index contributed by atoms with van der Waals surface area (Å²) in [6.07, 6.45) is 4.82. The third-order valence-electron chi connectivity index (χ3n) is 6.32. The molecule has 0 fully saturated rings. The number of ether oxygens (including phenoxy) is 1. The molecule has 8 nitrogen and oxygen atoms in total. The van der Waals surface area contributed by atoms with Gasteiger partial charge in [0.05, 0.1) is 23.0 Å². The largest absolute Gasteiger partial charge is 0.465 e. The molecule has 1 unspecified atom stereocenters. The Labute approximate surface area is 213 Å². The molecule has 0 bridgehead atoms. The molecule has 4 aromatic rings. The number of nitrogens with zero attached hydrogens (tertiary/aromatic N) is 1. The Bertz CT molecular complexity index is 1520. The molecule has 2 aromatic heterocycles. The van der Waals surface area contributed by atoms with Gasteiger partial charge in [-0.05, 0) is 85.9 Å². The van der Waals surface area contributed by atoms with Crippen LogP contribution in [0.1, 0.15) is 57.5 Å². The van der Waals surface area contributed by atoms with Crippen LogP contribution in [0.2, 0.25) is 0 Å². The average Bonchev–Trinajstić information content (AvgIpc) is 3.41. The molecule has 37 heavy (non-hydrogen) atoms. The zero-order chi connectivity index (χ0) is 25.9. The minimum atomic E-state index is -1.06. The number of allylic oxidation sites excluding steroid dienone is 1. The number of fused-ring (bicyclic) bond motifs is 2. The van der Waals surface area contributed by atoms with Crippen LogP contribution in [0, 0.1) is 0 Å². The Balaban J connectivity index is 1.44. The third-order valence-corrected chi connectivity index (χ3v) is 6.32. The molecule has 5 rings (SSSR count). The molecule has 186 valence electrons. The lowest BCUT2D eigenvalue weighted by Gasteiger charge is -2.23. The number of anilines is 1. The lowest BCUT2D eigenvalue weighted by Crippen LogP contribution is -2.30. The van der Waals surface area contributed by atoms with E-state index >= 15 is 0 Å². The number of carbonyl (C=O) groups is 3. The zero-order valence-corrected chi connectivity index (χ0v) is 20.2. The van der Waals surface area contributed by atoms with Gasteiger partial charge in [0.1, 0.15) is 5.76 Å². The summed E-state index contributed by atoms with van der Waals surface area (Å²) in [4.78, 5) is 42.4. The summed E-state index contributed by atoms with van der Waals surface area (Å²) in [5.41, 5.74) is 9.68. The fraction of sp³-hybridized carbons (Fsp3) is 0.172. The number of hydrogen-bond acceptors (Lipinski definition) is 6. The molecule has 1 aliphatic rings. The van der Waals surface area contributed by atoms with Gasteiger partial charge >= 0.3 is 5.97 Å². The molecule has 2 amide bonds. The number of pyridine rings is 1. The van der Waals surface area contributed by atoms with Crippen LogP contribution in [0.25, 0.3) is 22.6 Å². The maximum Gasteiger partial charge on any atom is 0.339 e. The van der Waals surface area contributed by atoms with E-state index in [4.69, 9.17) is 19.9 Å². The predicted molar refractivity (Wildman–Crippen MR) is 140 cm³/mol. The number of benzene rings is 2. The number of amides is 2. The Morgan fingerprint density at radius 3 is 2.57 bits per heavy atom. The van der Waals surface area contributed by atoms with E-state index in [9.17, 15) is 14.4 Å². The summed E-state index contributed by atoms with van der Waals surface area (Å²) < 4.78 is 11.2. The highest BCUT2D eigenvalue weighted by atomic mass is 16.5. The number of nitrogens with two attached hydrogens (primary N) is 1. The molecule has 2 aromatic carbocycles. The van der Waals surface area contributed by atoms with E-state index in [1.54, 1.807) is 18.4 Å². The van der Waals surface area contributed by atoms with Crippen LogP contribution in [-0.4, -0.2) is 28.9 Å². The van der Waals surface area contributed by atoms with Crippen molar-refractivity contribution in [2.75, 3.05) is 5.32 Å². The third kappa shape index (κ3) is 4.99. The first-order valence-corrected chi connectivity index (χ1v) is 12.0. The van der Waals surface area contributed by atoms with Crippen LogP contribution in [0.15, 0.2) is 71.3 Å². The quantitative estimate of drug-likeness (QED) is 0.363. The van der Waals surface area contributed by atoms with Crippen molar-refractivity contribution in [3.8, 4) is 0 Å². The Morgan fingerprint density at radius 2 is 1.84 bits per heavy atom. The van der Waals surface area contributed by atoms with Gasteiger partial charge in [0.2, 0.25) is 5.91 Å². The first kappa shape index (κ1) is 24.0. The molecule has 0 saturated heterocycles. The standard InChI is InChI=1S/C29H25N3O5/c1-17(28(34)31-20-13-11-18(12-14-20)27(30)33)37-29(35)25-22-8-2-3-10-24(22)32-26-19(6-4-9-23(25)26)16-21-7-5-15-36-21/h2-3,5,7-8,10-17H,4,6,9H2,1H3,(H2,30,33)(H,31,34)/b19-16+. The average molecular weight is 496 g/mol. The molecule has 2 heterocycles. The number of primary amides is 1. The van der Waals surface area contributed by atoms with Crippen molar-refractivity contribution in [1.29, 1.82) is 0 Å². The lowest BCUT2D eigenvalue weighted by atomic mass is 9.86. The molecular formula is C29H25N3O5. The van der Waals surface area contributed by atoms with Crippen molar-refractivity contribution in [1.82, 2.24) is 4.98 Å². The SMILES string of the molecule is CC(OC(=O)c1c2c(nc3ccccc13)/C(=C/c1ccco1)CCC2)C(=O)Nc1ccc(C(N)=O)cc1. The number of esters is 1. The fourth-order valence-electron chi connectivity index (χ4n) is 4.49. The topological polar surface area (TPSA) is 125 Å². The Kier molecular flexibility index (Phi) is 6.55. The van der Waals surface area contributed by atoms with Crippen LogP contribution in [0.3, 0.4) is 0 Å². The van der Waals surface area contributed by atoms with Crippen molar-refractivity contribution >= 4 is 46.0 Å². The summed E-state index contributed by atoms with van der Waals surface area (Å²) in [6, 6.07) is 17.3. The van der Waals surface area contributed by atoms with Crippen LogP contribution < -0.4 is 11.1 Å². The van der Waals surface area contributed by atoms with Crippen molar-refractivity contribution in [3.05, 3.63) is 95.1 Å². The number of nitrogens with one attached hydrogen (secondary N) is 1. The molecule has 3 N–H and O–H groups in total. The van der Waals surface area contributed by atoms with E-state index < -0.39 is 23.9 Å². The summed E-state index contributed by atoms with van der Waals surface area (Å²) in [5, 5.41) is 3.38. The molecule has 0 radical (unpaired) electrons. The van der Waals surface area contributed by atoms with Crippen molar-refractivity contribution < 1.29 is 23.5 Å². The highest BCUT2D eigenvalue weighted by molar-refractivity contribution is 6.07. The number of carbonyl (C=O) groups excluding carboxylic acids is 3. The van der Waals surface area contributed by atoms with Gasteiger partial charge in [0.25, 0.3) is 5.91 Å². The molecular weight excluding hydrogens is 470 g/mol. The summed E-state index contributed by atoms with van der Waals surface area (Å²) in [7, 11) is 0. The van der Waals surface area contributed by atoms with Gasteiger partial charge in [-0.1, -0.05) is 18.2 Å². The number of hydrogen-bond donors (Lipinski definition) is 2. The second-order valence-corrected chi connectivity index (χ2v) is 8.85. The van der Waals surface area contributed by atoms with Crippen LogP contribution >= 0.6 is 0 Å². The number of rotatable bonds is 6. The molecule has 1 aliphatic carbocycles. The monoisotopic (exact) mass is 495 g/mol. The van der Waals surface area contributed by atoms with Gasteiger partial charge in [0, 0.05) is 16.6 Å². The number of aromatic nitrogens is 1. The van der Waals surface area contributed by atoms with E-state index in [1.807, 2.05) is 42.5 Å². The van der Waals surface area contributed by atoms with Crippen LogP contribution in [-0.2, 0) is 16.0 Å². The molecule has 0 saturated carbocycles. The normalized spacial score (nSPS) is 14.7. The van der Waals surface area contributed by atoms with Crippen LogP contribution in [0.5, 0.6) is 0 Å². The molecule has 1 atom stereocenters. The van der Waals surface area contributed by atoms with Gasteiger partial charge in [-0.25, -0.2) is 9.78 Å². The second kappa shape index (κ2) is 10.1. The lowest BCUT2D eigenvalue weighted by molar-refractivity contribution is -0.123. The number of furan rings is 1. The molecule has 8 heteroatoms. The van der Waals surface area contributed by atoms with Gasteiger partial charge in [-0.2, -0.15) is 0 Å². The van der Waals surface area contributed by atoms with Crippen molar-refractivity contribution in [2.24, 2.45) is 5.73 Å². The van der Waals surface area contributed by atoms with Gasteiger partial charge in [-0.15, -0.1) is 0 Å². The Morgan fingerprint density at radius 1 is 1.05 bits per heavy atom. The van der Waals surface area contributed by atoms with Gasteiger partial charge in [-0.3, -0.25) is 9.59 Å². The van der Waals surface area contributed by atoms with E-state index in [1.165, 1.54) is 19.1 Å². The van der Waals surface area contributed by atoms with Gasteiger partial charge in [0.15, 0.2) is 6.10 Å². The van der Waals surface area contributed by atoms with Crippen LogP contribution in [0.4, 0.5) is 5.69 Å². The fourth-order valence-corrected chi connectivity index (χ4v) is 4.49. The summed E-state index contributed by atoms with van der Waals surface area (Å²) >= 11 is 0. The summed E-state index contributed by atoms with van der Waals surface area (Å²) in [5.74, 6) is -0.919. The molecule has 0 spiro atoms. The predicted octanol–water partition coefficient (Wildman–Crippen LogP) is 4.99. The first-order chi connectivity index (χ1) is 17.9. The van der Waals surface area contributed by atoms with E-state index in [0.717, 1.165) is 35.4 Å². The van der Waals surface area contributed by atoms with Crippen molar-refractivity contribution in [3.63, 3.8) is 0 Å². The van der Waals surface area contributed by atoms with E-state index in [0.29, 0.717) is 34.1 Å². The first-order valence-electron chi connectivity index (χ1n) is 12.0. The Hall–Kier alpha value is -4.72. The smallest absolute Gasteiger partial charge is 0.339 e. The highest BCUT2D eigenvalue weighted by Gasteiger charge is 2.28. The maximum absolute atomic E-state index is 13.5. The van der Waals surface area contributed by atoms with E-state index in [-0.39, 0.29) is 0 Å². The number of para-hydroxylation sites is 1. The maximum atomic E-state index is 13.5. The summed E-state index contributed by atoms with van der Waals surface area (Å²) in [6.45, 7) is 1.52.